The molecule has 1 heterocycles. The lowest BCUT2D eigenvalue weighted by molar-refractivity contribution is -0.167. The topological polar surface area (TPSA) is 83.5 Å². The van der Waals surface area contributed by atoms with Crippen molar-refractivity contribution in [2.24, 2.45) is 46.3 Å². The molecule has 0 unspecified atom stereocenters. The van der Waals surface area contributed by atoms with E-state index in [9.17, 15) is 9.90 Å². The molecule has 0 amide bonds. The Bertz CT molecular complexity index is 1010. The van der Waals surface area contributed by atoms with Crippen molar-refractivity contribution in [3.8, 4) is 0 Å². The van der Waals surface area contributed by atoms with E-state index in [4.69, 9.17) is 4.74 Å². The van der Waals surface area contributed by atoms with Crippen molar-refractivity contribution in [2.45, 2.75) is 117 Å². The first kappa shape index (κ1) is 39.5. The van der Waals surface area contributed by atoms with Gasteiger partial charge in [0.05, 0.1) is 18.9 Å². The molecule has 0 aromatic carbocycles. The molecule has 4 aliphatic rings. The number of aromatic nitrogens is 1. The Morgan fingerprint density at radius 2 is 1.75 bits per heavy atom. The van der Waals surface area contributed by atoms with Gasteiger partial charge in [-0.15, -0.1) is 37.2 Å². The molecular weight excluding hydrogens is 617 g/mol. The van der Waals surface area contributed by atoms with Crippen LogP contribution in [0.2, 0.25) is 0 Å². The largest absolute Gasteiger partial charge is 0.469 e. The number of methoxy groups -OCH3 is 1. The molecule has 3 N–H and O–H groups in total. The molecule has 0 aliphatic heterocycles. The minimum atomic E-state index is -0.157. The summed E-state index contributed by atoms with van der Waals surface area (Å²) in [6.07, 6.45) is 15.4. The van der Waals surface area contributed by atoms with E-state index < -0.39 is 0 Å². The van der Waals surface area contributed by atoms with Gasteiger partial charge in [0.15, 0.2) is 0 Å². The Kier molecular flexibility index (Phi) is 15.7. The van der Waals surface area contributed by atoms with Gasteiger partial charge in [-0.05, 0) is 142 Å². The summed E-state index contributed by atoms with van der Waals surface area (Å²) in [4.78, 5) is 16.2. The quantitative estimate of drug-likeness (QED) is 0.158. The molecule has 1 aromatic heterocycles. The van der Waals surface area contributed by atoms with Gasteiger partial charge in [-0.1, -0.05) is 26.8 Å². The van der Waals surface area contributed by atoms with E-state index in [-0.39, 0.29) is 49.3 Å². The van der Waals surface area contributed by atoms with Gasteiger partial charge in [0.2, 0.25) is 0 Å². The highest BCUT2D eigenvalue weighted by atomic mass is 35.5. The number of pyridine rings is 1. The highest BCUT2D eigenvalue weighted by molar-refractivity contribution is 5.86. The van der Waals surface area contributed by atoms with Crippen molar-refractivity contribution >= 4 is 43.2 Å². The molecule has 4 fully saturated rings. The van der Waals surface area contributed by atoms with Gasteiger partial charge in [-0.2, -0.15) is 0 Å². The molecule has 254 valence electrons. The summed E-state index contributed by atoms with van der Waals surface area (Å²) in [5.74, 6) is 3.47. The molecular formula is C35H60Cl3N3O3. The van der Waals surface area contributed by atoms with E-state index in [1.807, 2.05) is 18.3 Å². The fourth-order valence-electron chi connectivity index (χ4n) is 10.4. The number of unbranched alkanes of at least 4 members (excludes halogenated alkanes) is 1. The fourth-order valence-corrected chi connectivity index (χ4v) is 10.4. The lowest BCUT2D eigenvalue weighted by Gasteiger charge is -2.62. The van der Waals surface area contributed by atoms with E-state index in [0.717, 1.165) is 38.2 Å². The van der Waals surface area contributed by atoms with Crippen LogP contribution in [-0.2, 0) is 16.1 Å². The van der Waals surface area contributed by atoms with Crippen LogP contribution in [0.5, 0.6) is 0 Å². The monoisotopic (exact) mass is 675 g/mol. The Morgan fingerprint density at radius 3 is 2.48 bits per heavy atom. The van der Waals surface area contributed by atoms with Crippen LogP contribution in [0.4, 0.5) is 0 Å². The Hall–Kier alpha value is -0.630. The number of aliphatic hydroxyl groups excluding tert-OH is 1. The lowest BCUT2D eigenvalue weighted by atomic mass is 9.43. The Morgan fingerprint density at radius 1 is 1.02 bits per heavy atom. The molecule has 0 saturated heterocycles. The highest BCUT2D eigenvalue weighted by Gasteiger charge is 2.62. The summed E-state index contributed by atoms with van der Waals surface area (Å²) in [7, 11) is 1.49. The van der Waals surface area contributed by atoms with Crippen molar-refractivity contribution in [2.75, 3.05) is 20.2 Å². The number of nitrogens with zero attached hydrogens (tertiary/aromatic N) is 1. The summed E-state index contributed by atoms with van der Waals surface area (Å²) < 4.78 is 4.92. The first-order valence-corrected chi connectivity index (χ1v) is 16.8. The van der Waals surface area contributed by atoms with Gasteiger partial charge in [0.25, 0.3) is 0 Å². The average Bonchev–Trinajstić information content (AvgIpc) is 3.33. The van der Waals surface area contributed by atoms with Gasteiger partial charge >= 0.3 is 5.97 Å². The predicted octanol–water partition coefficient (Wildman–Crippen LogP) is 7.39. The normalized spacial score (nSPS) is 36.2. The molecule has 5 rings (SSSR count). The summed E-state index contributed by atoms with van der Waals surface area (Å²) in [6, 6.07) is 6.67. The summed E-state index contributed by atoms with van der Waals surface area (Å²) in [5.41, 5.74) is 1.77. The van der Waals surface area contributed by atoms with Gasteiger partial charge in [0, 0.05) is 25.2 Å². The lowest BCUT2D eigenvalue weighted by Crippen LogP contribution is -2.59. The van der Waals surface area contributed by atoms with Crippen LogP contribution in [0.3, 0.4) is 0 Å². The average molecular weight is 677 g/mol. The van der Waals surface area contributed by atoms with Crippen LogP contribution in [0.15, 0.2) is 24.4 Å². The number of rotatable bonds is 12. The van der Waals surface area contributed by atoms with E-state index in [2.05, 4.69) is 42.5 Å². The maximum absolute atomic E-state index is 11.8. The number of hydrogen-bond acceptors (Lipinski definition) is 6. The van der Waals surface area contributed by atoms with Crippen LogP contribution in [0.1, 0.15) is 104 Å². The van der Waals surface area contributed by atoms with E-state index in [0.29, 0.717) is 58.8 Å². The van der Waals surface area contributed by atoms with Crippen LogP contribution in [0.25, 0.3) is 0 Å². The molecule has 0 radical (unpaired) electrons. The molecule has 44 heavy (non-hydrogen) atoms. The van der Waals surface area contributed by atoms with E-state index in [1.165, 1.54) is 64.9 Å². The number of halogens is 3. The van der Waals surface area contributed by atoms with Crippen molar-refractivity contribution in [1.29, 1.82) is 0 Å². The number of carbonyl (C=O) groups is 1. The number of esters is 1. The van der Waals surface area contributed by atoms with E-state index >= 15 is 0 Å². The zero-order chi connectivity index (χ0) is 29.0. The minimum Gasteiger partial charge on any atom is -0.469 e. The SMILES string of the molecule is COC(=O)CC[C@@H](C)[C@H]1CC[C@H]2[C@@H]3[C@H](O)C[C@H]4C[C@H](NCCCCNCc5ccccn5)CC[C@]4(C)[C@H]3CC[C@]12C.Cl.Cl.Cl. The van der Waals surface area contributed by atoms with Gasteiger partial charge in [-0.3, -0.25) is 9.78 Å². The van der Waals surface area contributed by atoms with Crippen molar-refractivity contribution in [3.05, 3.63) is 30.1 Å². The maximum Gasteiger partial charge on any atom is 0.305 e. The molecule has 4 aliphatic carbocycles. The second-order valence-corrected chi connectivity index (χ2v) is 14.7. The number of fused-ring (bicyclic) bond motifs is 5. The summed E-state index contributed by atoms with van der Waals surface area (Å²) in [6.45, 7) is 10.5. The number of hydrogen-bond donors (Lipinski definition) is 3. The summed E-state index contributed by atoms with van der Waals surface area (Å²) >= 11 is 0. The number of nitrogens with one attached hydrogen (secondary N) is 2. The number of ether oxygens (including phenoxy) is 1. The smallest absolute Gasteiger partial charge is 0.305 e. The minimum absolute atomic E-state index is 0. The number of carbonyl (C=O) groups excluding carboxylic acids is 1. The third kappa shape index (κ3) is 8.44. The molecule has 10 atom stereocenters. The van der Waals surface area contributed by atoms with Crippen molar-refractivity contribution in [1.82, 2.24) is 15.6 Å². The first-order chi connectivity index (χ1) is 19.8. The first-order valence-electron chi connectivity index (χ1n) is 16.8. The molecule has 9 heteroatoms. The van der Waals surface area contributed by atoms with Crippen LogP contribution in [0, 0.1) is 46.3 Å². The summed E-state index contributed by atoms with van der Waals surface area (Å²) in [5, 5.41) is 19.1. The van der Waals surface area contributed by atoms with Crippen molar-refractivity contribution in [3.63, 3.8) is 0 Å². The standard InChI is InChI=1S/C35H57N3O3.3ClH/c1-24(10-13-32(40)41-4)28-11-12-29-33-30(15-17-35(28,29)3)34(2)16-14-26(21-25(34)22-31(33)39)37-20-8-7-18-36-23-27-9-5-6-19-38-27;;;/h5-6,9,19,24-26,28-31,33,36-37,39H,7-8,10-18,20-23H2,1-4H3;3*1H/t24-,25-,26-,28-,29+,30+,31-,33+,34+,35-;;;/m1.../s1. The zero-order valence-electron chi connectivity index (χ0n) is 27.5. The molecule has 6 nitrogen and oxygen atoms in total. The van der Waals surface area contributed by atoms with Crippen molar-refractivity contribution < 1.29 is 14.6 Å². The van der Waals surface area contributed by atoms with Gasteiger partial charge in [-0.25, -0.2) is 0 Å². The fraction of sp³-hybridized carbons (Fsp3) is 0.829. The number of aliphatic hydroxyl groups is 1. The molecule has 0 spiro atoms. The zero-order valence-corrected chi connectivity index (χ0v) is 29.9. The second-order valence-electron chi connectivity index (χ2n) is 14.7. The Labute approximate surface area is 285 Å². The van der Waals surface area contributed by atoms with Crippen LogP contribution >= 0.6 is 37.2 Å². The Balaban J connectivity index is 0.00000225. The molecule has 0 bridgehead atoms. The maximum atomic E-state index is 11.8. The third-order valence-electron chi connectivity index (χ3n) is 12.7. The van der Waals surface area contributed by atoms with Gasteiger partial charge in [0.1, 0.15) is 0 Å². The molecule has 4 saturated carbocycles. The molecule has 1 aromatic rings. The van der Waals surface area contributed by atoms with E-state index in [1.54, 1.807) is 0 Å². The van der Waals surface area contributed by atoms with Crippen LogP contribution < -0.4 is 10.6 Å². The second kappa shape index (κ2) is 17.5. The van der Waals surface area contributed by atoms with Gasteiger partial charge < -0.3 is 20.5 Å². The third-order valence-corrected chi connectivity index (χ3v) is 12.7. The predicted molar refractivity (Wildman–Crippen MR) is 186 cm³/mol. The highest BCUT2D eigenvalue weighted by Crippen LogP contribution is 2.68. The van der Waals surface area contributed by atoms with Crippen LogP contribution in [-0.4, -0.2) is 48.4 Å².